The Labute approximate surface area is 148 Å². The van der Waals surface area contributed by atoms with Gasteiger partial charge in [0.15, 0.2) is 0 Å². The number of amides is 1. The van der Waals surface area contributed by atoms with E-state index in [4.69, 9.17) is 0 Å². The monoisotopic (exact) mass is 335 g/mol. The Morgan fingerprint density at radius 1 is 1.24 bits per heavy atom. The lowest BCUT2D eigenvalue weighted by Crippen LogP contribution is -2.32. The molecule has 0 saturated carbocycles. The van der Waals surface area contributed by atoms with Crippen LogP contribution in [0.3, 0.4) is 0 Å². The highest BCUT2D eigenvalue weighted by Crippen LogP contribution is 2.29. The number of nitrogens with one attached hydrogen (secondary N) is 1. The molecule has 4 nitrogen and oxygen atoms in total. The first kappa shape index (κ1) is 17.2. The van der Waals surface area contributed by atoms with Crippen LogP contribution in [0, 0.1) is 20.8 Å². The van der Waals surface area contributed by atoms with Crippen LogP contribution < -0.4 is 0 Å². The zero-order valence-electron chi connectivity index (χ0n) is 15.6. The van der Waals surface area contributed by atoms with E-state index in [9.17, 15) is 4.79 Å². The molecule has 0 aliphatic rings. The summed E-state index contributed by atoms with van der Waals surface area (Å²) in [6.45, 7) is 8.25. The minimum Gasteiger partial charge on any atom is -0.350 e. The summed E-state index contributed by atoms with van der Waals surface area (Å²) in [5.74, 6) is 0.00301. The second-order valence-electron chi connectivity index (χ2n) is 6.72. The molecule has 0 aliphatic heterocycles. The molecule has 130 valence electrons. The molecule has 0 spiro atoms. The van der Waals surface area contributed by atoms with Gasteiger partial charge in [-0.25, -0.2) is 0 Å². The summed E-state index contributed by atoms with van der Waals surface area (Å²) < 4.78 is 0. The Morgan fingerprint density at radius 2 is 2.00 bits per heavy atom. The Morgan fingerprint density at radius 3 is 2.64 bits per heavy atom. The molecule has 0 bridgehead atoms. The zero-order valence-corrected chi connectivity index (χ0v) is 15.6. The summed E-state index contributed by atoms with van der Waals surface area (Å²) in [5.41, 5.74) is 6.01. The third kappa shape index (κ3) is 3.04. The SMILES string of the molecule is CCC(c1ccccn1)N(C)C(=O)c1[nH]c2c(C)cc(C)cc2c1C. The number of rotatable bonds is 4. The van der Waals surface area contributed by atoms with Crippen molar-refractivity contribution >= 4 is 16.8 Å². The van der Waals surface area contributed by atoms with Crippen LogP contribution in [0.25, 0.3) is 10.9 Å². The number of hydrogen-bond acceptors (Lipinski definition) is 2. The van der Waals surface area contributed by atoms with Crippen LogP contribution in [-0.4, -0.2) is 27.8 Å². The average molecular weight is 335 g/mol. The van der Waals surface area contributed by atoms with Crippen LogP contribution in [0.15, 0.2) is 36.5 Å². The van der Waals surface area contributed by atoms with E-state index in [2.05, 4.69) is 42.9 Å². The third-order valence-electron chi connectivity index (χ3n) is 4.93. The fourth-order valence-corrected chi connectivity index (χ4v) is 3.57. The van der Waals surface area contributed by atoms with Crippen molar-refractivity contribution in [2.45, 2.75) is 40.2 Å². The minimum atomic E-state index is -0.0395. The van der Waals surface area contributed by atoms with Gasteiger partial charge in [0.05, 0.1) is 11.7 Å². The van der Waals surface area contributed by atoms with Gasteiger partial charge in [0, 0.05) is 24.1 Å². The average Bonchev–Trinajstić information content (AvgIpc) is 2.93. The second kappa shape index (κ2) is 6.71. The largest absolute Gasteiger partial charge is 0.350 e. The molecule has 3 rings (SSSR count). The molecule has 0 saturated heterocycles. The van der Waals surface area contributed by atoms with Gasteiger partial charge in [-0.1, -0.05) is 24.6 Å². The molecule has 2 aromatic heterocycles. The normalized spacial score (nSPS) is 12.4. The molecule has 1 unspecified atom stereocenters. The van der Waals surface area contributed by atoms with Crippen molar-refractivity contribution in [3.63, 3.8) is 0 Å². The zero-order chi connectivity index (χ0) is 18.1. The van der Waals surface area contributed by atoms with E-state index < -0.39 is 0 Å². The molecule has 3 aromatic rings. The summed E-state index contributed by atoms with van der Waals surface area (Å²) in [7, 11) is 1.86. The predicted octanol–water partition coefficient (Wildman–Crippen LogP) is 4.71. The maximum absolute atomic E-state index is 13.2. The number of hydrogen-bond donors (Lipinski definition) is 1. The fourth-order valence-electron chi connectivity index (χ4n) is 3.57. The van der Waals surface area contributed by atoms with Crippen LogP contribution in [-0.2, 0) is 0 Å². The van der Waals surface area contributed by atoms with Gasteiger partial charge in [0.1, 0.15) is 5.69 Å². The van der Waals surface area contributed by atoms with E-state index in [0.29, 0.717) is 5.69 Å². The van der Waals surface area contributed by atoms with Gasteiger partial charge in [0.2, 0.25) is 0 Å². The van der Waals surface area contributed by atoms with Crippen LogP contribution in [0.4, 0.5) is 0 Å². The number of benzene rings is 1. The summed E-state index contributed by atoms with van der Waals surface area (Å²) in [6, 6.07) is 10.1. The van der Waals surface area contributed by atoms with Gasteiger partial charge >= 0.3 is 0 Å². The maximum atomic E-state index is 13.2. The van der Waals surface area contributed by atoms with E-state index in [-0.39, 0.29) is 11.9 Å². The highest BCUT2D eigenvalue weighted by Gasteiger charge is 2.25. The topological polar surface area (TPSA) is 49.0 Å². The molecule has 1 N–H and O–H groups in total. The Bertz CT molecular complexity index is 912. The molecule has 4 heteroatoms. The lowest BCUT2D eigenvalue weighted by molar-refractivity contribution is 0.0717. The van der Waals surface area contributed by atoms with Gasteiger partial charge in [0.25, 0.3) is 5.91 Å². The van der Waals surface area contributed by atoms with E-state index in [0.717, 1.165) is 34.1 Å². The number of H-pyrrole nitrogens is 1. The molecule has 1 aromatic carbocycles. The molecular formula is C21H25N3O. The van der Waals surface area contributed by atoms with Crippen molar-refractivity contribution in [1.82, 2.24) is 14.9 Å². The maximum Gasteiger partial charge on any atom is 0.270 e. The molecule has 2 heterocycles. The molecule has 0 fully saturated rings. The number of carbonyl (C=O) groups is 1. The summed E-state index contributed by atoms with van der Waals surface area (Å²) >= 11 is 0. The molecule has 1 atom stereocenters. The van der Waals surface area contributed by atoms with Crippen LogP contribution in [0.2, 0.25) is 0 Å². The summed E-state index contributed by atoms with van der Waals surface area (Å²) in [6.07, 6.45) is 2.59. The first-order valence-corrected chi connectivity index (χ1v) is 8.71. The van der Waals surface area contributed by atoms with Crippen molar-refractivity contribution < 1.29 is 4.79 Å². The van der Waals surface area contributed by atoms with E-state index in [1.165, 1.54) is 5.56 Å². The first-order valence-electron chi connectivity index (χ1n) is 8.71. The number of aromatic nitrogens is 2. The van der Waals surface area contributed by atoms with Gasteiger partial charge in [-0.05, 0) is 56.5 Å². The Hall–Kier alpha value is -2.62. The fraction of sp³-hybridized carbons (Fsp3) is 0.333. The second-order valence-corrected chi connectivity index (χ2v) is 6.72. The third-order valence-corrected chi connectivity index (χ3v) is 4.93. The molecule has 0 aliphatic carbocycles. The van der Waals surface area contributed by atoms with E-state index in [1.54, 1.807) is 11.1 Å². The Balaban J connectivity index is 2.01. The lowest BCUT2D eigenvalue weighted by atomic mass is 10.0. The summed E-state index contributed by atoms with van der Waals surface area (Å²) in [5, 5.41) is 1.13. The van der Waals surface area contributed by atoms with Crippen LogP contribution >= 0.6 is 0 Å². The van der Waals surface area contributed by atoms with Gasteiger partial charge in [-0.3, -0.25) is 9.78 Å². The van der Waals surface area contributed by atoms with Crippen molar-refractivity contribution in [3.05, 3.63) is 64.6 Å². The Kier molecular flexibility index (Phi) is 4.62. The lowest BCUT2D eigenvalue weighted by Gasteiger charge is -2.26. The van der Waals surface area contributed by atoms with Crippen LogP contribution in [0.5, 0.6) is 0 Å². The van der Waals surface area contributed by atoms with Crippen molar-refractivity contribution in [3.8, 4) is 0 Å². The molecule has 0 radical (unpaired) electrons. The number of pyridine rings is 1. The summed E-state index contributed by atoms with van der Waals surface area (Å²) in [4.78, 5) is 22.8. The number of carbonyl (C=O) groups excluding carboxylic acids is 1. The smallest absolute Gasteiger partial charge is 0.270 e. The number of fused-ring (bicyclic) bond motifs is 1. The van der Waals surface area contributed by atoms with Gasteiger partial charge < -0.3 is 9.88 Å². The van der Waals surface area contributed by atoms with Gasteiger partial charge in [-0.2, -0.15) is 0 Å². The first-order chi connectivity index (χ1) is 11.9. The number of nitrogens with zero attached hydrogens (tertiary/aromatic N) is 2. The highest BCUT2D eigenvalue weighted by atomic mass is 16.2. The highest BCUT2D eigenvalue weighted by molar-refractivity contribution is 6.01. The van der Waals surface area contributed by atoms with Crippen molar-refractivity contribution in [2.75, 3.05) is 7.05 Å². The van der Waals surface area contributed by atoms with E-state index >= 15 is 0 Å². The van der Waals surface area contributed by atoms with Crippen molar-refractivity contribution in [2.24, 2.45) is 0 Å². The standard InChI is InChI=1S/C21H25N3O/c1-6-18(17-9-7-8-10-22-17)24(5)21(25)20-15(4)16-12-13(2)11-14(3)19(16)23-20/h7-12,18,23H,6H2,1-5H3. The number of aryl methyl sites for hydroxylation is 3. The molecular weight excluding hydrogens is 310 g/mol. The molecule has 1 amide bonds. The number of aromatic amines is 1. The van der Waals surface area contributed by atoms with Crippen LogP contribution in [0.1, 0.15) is 52.3 Å². The predicted molar refractivity (Wildman–Crippen MR) is 102 cm³/mol. The minimum absolute atomic E-state index is 0.00301. The van der Waals surface area contributed by atoms with Gasteiger partial charge in [-0.15, -0.1) is 0 Å². The molecule has 25 heavy (non-hydrogen) atoms. The quantitative estimate of drug-likeness (QED) is 0.750. The van der Waals surface area contributed by atoms with E-state index in [1.807, 2.05) is 32.2 Å². The van der Waals surface area contributed by atoms with Crippen molar-refractivity contribution in [1.29, 1.82) is 0 Å².